The number of nitro groups is 1. The van der Waals surface area contributed by atoms with Crippen LogP contribution in [0.4, 0.5) is 16.2 Å². The smallest absolute Gasteiger partial charge is 0.319 e. The van der Waals surface area contributed by atoms with E-state index in [0.29, 0.717) is 18.7 Å². The van der Waals surface area contributed by atoms with Crippen LogP contribution in [-0.4, -0.2) is 34.4 Å². The highest BCUT2D eigenvalue weighted by atomic mass is 16.6. The van der Waals surface area contributed by atoms with Gasteiger partial charge >= 0.3 is 6.03 Å². The van der Waals surface area contributed by atoms with Gasteiger partial charge in [0.05, 0.1) is 4.92 Å². The molecule has 3 amide bonds. The molecule has 1 heterocycles. The van der Waals surface area contributed by atoms with Crippen LogP contribution in [0.5, 0.6) is 0 Å². The third kappa shape index (κ3) is 5.45. The van der Waals surface area contributed by atoms with Crippen LogP contribution in [0, 0.1) is 10.1 Å². The average Bonchev–Trinajstić information content (AvgIpc) is 3.61. The van der Waals surface area contributed by atoms with Crippen molar-refractivity contribution in [3.63, 3.8) is 0 Å². The number of nitrogens with zero attached hydrogens (tertiary/aromatic N) is 1. The van der Waals surface area contributed by atoms with Gasteiger partial charge in [-0.15, -0.1) is 0 Å². The maximum Gasteiger partial charge on any atom is 0.319 e. The van der Waals surface area contributed by atoms with Crippen LogP contribution in [0.15, 0.2) is 85.1 Å². The standard InChI is InChI=1S/C28H27N5O4/c34-26(30-18-28(14-15-28)20-6-2-1-3-7-20)25(16-19-17-29-24-9-5-4-8-23(19)24)32-27(35)31-21-10-12-22(13-11-21)33(36)37/h1-13,17,25,29H,14-16,18H2,(H,30,34)(H2,31,32,35)/t25-/m0/s1. The van der Waals surface area contributed by atoms with Gasteiger partial charge in [-0.3, -0.25) is 14.9 Å². The fraction of sp³-hybridized carbons (Fsp3) is 0.214. The molecule has 9 nitrogen and oxygen atoms in total. The summed E-state index contributed by atoms with van der Waals surface area (Å²) >= 11 is 0. The lowest BCUT2D eigenvalue weighted by Gasteiger charge is -2.22. The van der Waals surface area contributed by atoms with Crippen molar-refractivity contribution in [2.24, 2.45) is 0 Å². The Labute approximate surface area is 213 Å². The van der Waals surface area contributed by atoms with Gasteiger partial charge in [0.2, 0.25) is 5.91 Å². The van der Waals surface area contributed by atoms with Crippen molar-refractivity contribution in [2.75, 3.05) is 11.9 Å². The minimum Gasteiger partial charge on any atom is -0.361 e. The average molecular weight is 498 g/mol. The van der Waals surface area contributed by atoms with Gasteiger partial charge in [0.1, 0.15) is 6.04 Å². The zero-order valence-electron chi connectivity index (χ0n) is 20.1. The summed E-state index contributed by atoms with van der Waals surface area (Å²) in [6, 6.07) is 22.0. The number of aromatic amines is 1. The fourth-order valence-electron chi connectivity index (χ4n) is 4.61. The lowest BCUT2D eigenvalue weighted by molar-refractivity contribution is -0.384. The van der Waals surface area contributed by atoms with E-state index in [1.165, 1.54) is 29.8 Å². The first-order valence-electron chi connectivity index (χ1n) is 12.1. The molecule has 0 bridgehead atoms. The number of benzene rings is 3. The Balaban J connectivity index is 1.30. The zero-order valence-corrected chi connectivity index (χ0v) is 20.1. The predicted molar refractivity (Wildman–Crippen MR) is 141 cm³/mol. The number of aromatic nitrogens is 1. The summed E-state index contributed by atoms with van der Waals surface area (Å²) < 4.78 is 0. The Hall–Kier alpha value is -4.66. The van der Waals surface area contributed by atoms with Crippen molar-refractivity contribution in [3.8, 4) is 0 Å². The molecule has 9 heteroatoms. The minimum atomic E-state index is -0.830. The fourth-order valence-corrected chi connectivity index (χ4v) is 4.61. The van der Waals surface area contributed by atoms with E-state index >= 15 is 0 Å². The monoisotopic (exact) mass is 497 g/mol. The number of non-ortho nitro benzene ring substituents is 1. The Kier molecular flexibility index (Phi) is 6.59. The molecule has 0 aliphatic heterocycles. The van der Waals surface area contributed by atoms with E-state index in [9.17, 15) is 19.7 Å². The molecule has 1 aromatic heterocycles. The van der Waals surface area contributed by atoms with Crippen LogP contribution in [0.25, 0.3) is 10.9 Å². The predicted octanol–water partition coefficient (Wildman–Crippen LogP) is 4.66. The molecule has 188 valence electrons. The van der Waals surface area contributed by atoms with Crippen molar-refractivity contribution in [2.45, 2.75) is 30.7 Å². The van der Waals surface area contributed by atoms with Gasteiger partial charge in [0.15, 0.2) is 0 Å². The normalized spacial score (nSPS) is 14.5. The quantitative estimate of drug-likeness (QED) is 0.198. The maximum absolute atomic E-state index is 13.4. The molecule has 1 saturated carbocycles. The number of anilines is 1. The molecule has 0 unspecified atom stereocenters. The number of carbonyl (C=O) groups is 2. The summed E-state index contributed by atoms with van der Waals surface area (Å²) in [7, 11) is 0. The number of fused-ring (bicyclic) bond motifs is 1. The second-order valence-electron chi connectivity index (χ2n) is 9.38. The number of hydrogen-bond donors (Lipinski definition) is 4. The summed E-state index contributed by atoms with van der Waals surface area (Å²) in [6.45, 7) is 0.492. The highest BCUT2D eigenvalue weighted by Crippen LogP contribution is 2.47. The molecule has 5 rings (SSSR count). The first-order chi connectivity index (χ1) is 17.9. The van der Waals surface area contributed by atoms with Crippen LogP contribution in [0.3, 0.4) is 0 Å². The molecule has 3 aromatic carbocycles. The molecule has 1 fully saturated rings. The number of para-hydroxylation sites is 1. The number of carbonyl (C=O) groups excluding carboxylic acids is 2. The lowest BCUT2D eigenvalue weighted by Crippen LogP contribution is -2.50. The van der Waals surface area contributed by atoms with Gasteiger partial charge in [0, 0.05) is 53.3 Å². The van der Waals surface area contributed by atoms with E-state index in [1.807, 2.05) is 48.7 Å². The number of rotatable bonds is 9. The molecule has 4 N–H and O–H groups in total. The highest BCUT2D eigenvalue weighted by molar-refractivity contribution is 5.94. The third-order valence-electron chi connectivity index (χ3n) is 6.90. The lowest BCUT2D eigenvalue weighted by atomic mass is 9.95. The molecule has 1 atom stereocenters. The third-order valence-corrected chi connectivity index (χ3v) is 6.90. The van der Waals surface area contributed by atoms with Gasteiger partial charge in [0.25, 0.3) is 5.69 Å². The molecule has 37 heavy (non-hydrogen) atoms. The SMILES string of the molecule is O=C(Nc1ccc([N+](=O)[O-])cc1)N[C@@H](Cc1c[nH]c2ccccc12)C(=O)NCC1(c2ccccc2)CC1. The number of nitrogens with one attached hydrogen (secondary N) is 4. The van der Waals surface area contributed by atoms with Crippen LogP contribution in [0.1, 0.15) is 24.0 Å². The molecular weight excluding hydrogens is 470 g/mol. The molecular formula is C28H27N5O4. The van der Waals surface area contributed by atoms with E-state index in [1.54, 1.807) is 0 Å². The van der Waals surface area contributed by atoms with E-state index in [4.69, 9.17) is 0 Å². The van der Waals surface area contributed by atoms with Gasteiger partial charge in [-0.05, 0) is 42.2 Å². The van der Waals surface area contributed by atoms with Gasteiger partial charge in [-0.25, -0.2) is 4.79 Å². The summed E-state index contributed by atoms with van der Waals surface area (Å²) in [6.07, 6.45) is 4.14. The van der Waals surface area contributed by atoms with Crippen molar-refractivity contribution >= 4 is 34.2 Å². The highest BCUT2D eigenvalue weighted by Gasteiger charge is 2.44. The Morgan fingerprint density at radius 2 is 1.68 bits per heavy atom. The number of H-pyrrole nitrogens is 1. The van der Waals surface area contributed by atoms with Crippen LogP contribution in [-0.2, 0) is 16.6 Å². The molecule has 0 saturated heterocycles. The number of hydrogen-bond acceptors (Lipinski definition) is 4. The van der Waals surface area contributed by atoms with Crippen LogP contribution in [0.2, 0.25) is 0 Å². The van der Waals surface area contributed by atoms with Gasteiger partial charge in [-0.2, -0.15) is 0 Å². The van der Waals surface area contributed by atoms with Crippen molar-refractivity contribution < 1.29 is 14.5 Å². The number of amides is 3. The summed E-state index contributed by atoms with van der Waals surface area (Å²) in [5.74, 6) is -0.272. The summed E-state index contributed by atoms with van der Waals surface area (Å²) in [4.78, 5) is 39.8. The van der Waals surface area contributed by atoms with Crippen molar-refractivity contribution in [1.82, 2.24) is 15.6 Å². The maximum atomic E-state index is 13.4. The second kappa shape index (κ2) is 10.1. The van der Waals surface area contributed by atoms with Crippen molar-refractivity contribution in [1.29, 1.82) is 0 Å². The molecule has 0 radical (unpaired) electrons. The largest absolute Gasteiger partial charge is 0.361 e. The first kappa shape index (κ1) is 24.1. The topological polar surface area (TPSA) is 129 Å². The molecule has 1 aliphatic carbocycles. The van der Waals surface area contributed by atoms with Gasteiger partial charge in [-0.1, -0.05) is 48.5 Å². The van der Waals surface area contributed by atoms with Crippen LogP contribution < -0.4 is 16.0 Å². The Bertz CT molecular complexity index is 1430. The van der Waals surface area contributed by atoms with Crippen molar-refractivity contribution in [3.05, 3.63) is 106 Å². The molecule has 0 spiro atoms. The Morgan fingerprint density at radius 3 is 2.38 bits per heavy atom. The number of urea groups is 1. The Morgan fingerprint density at radius 1 is 0.973 bits per heavy atom. The van der Waals surface area contributed by atoms with E-state index < -0.39 is 17.0 Å². The zero-order chi connectivity index (χ0) is 25.8. The molecule has 4 aromatic rings. The van der Waals surface area contributed by atoms with Gasteiger partial charge < -0.3 is 20.9 Å². The molecule has 1 aliphatic rings. The first-order valence-corrected chi connectivity index (χ1v) is 12.1. The number of nitro benzene ring substituents is 1. The summed E-state index contributed by atoms with van der Waals surface area (Å²) in [5.41, 5.74) is 3.31. The van der Waals surface area contributed by atoms with E-state index in [0.717, 1.165) is 29.3 Å². The van der Waals surface area contributed by atoms with Crippen LogP contribution >= 0.6 is 0 Å². The second-order valence-corrected chi connectivity index (χ2v) is 9.38. The minimum absolute atomic E-state index is 0.0662. The summed E-state index contributed by atoms with van der Waals surface area (Å²) in [5, 5.41) is 20.4. The van der Waals surface area contributed by atoms with E-state index in [-0.39, 0.29) is 17.0 Å². The van der Waals surface area contributed by atoms with E-state index in [2.05, 4.69) is 33.1 Å².